The SMILES string of the molecule is O=C(Nc1nnc(-c2ccsc2)s1)C1CCCN1C(=O)C1CC1. The summed E-state index contributed by atoms with van der Waals surface area (Å²) in [6.07, 6.45) is 3.53. The molecular formula is C15H16N4O2S2. The molecule has 1 unspecified atom stereocenters. The lowest BCUT2D eigenvalue weighted by Crippen LogP contribution is -2.43. The molecule has 0 bridgehead atoms. The van der Waals surface area contributed by atoms with Crippen LogP contribution in [0.5, 0.6) is 0 Å². The van der Waals surface area contributed by atoms with Crippen LogP contribution in [0.4, 0.5) is 5.13 Å². The molecule has 120 valence electrons. The minimum absolute atomic E-state index is 0.138. The minimum atomic E-state index is -0.364. The Morgan fingerprint density at radius 2 is 2.13 bits per heavy atom. The fourth-order valence-electron chi connectivity index (χ4n) is 2.83. The average molecular weight is 348 g/mol. The normalized spacial score (nSPS) is 20.7. The Hall–Kier alpha value is -1.80. The third-order valence-corrected chi connectivity index (χ3v) is 5.76. The number of rotatable bonds is 4. The molecule has 23 heavy (non-hydrogen) atoms. The molecule has 8 heteroatoms. The smallest absolute Gasteiger partial charge is 0.249 e. The Morgan fingerprint density at radius 1 is 1.26 bits per heavy atom. The van der Waals surface area contributed by atoms with Crippen LogP contribution in [0.2, 0.25) is 0 Å². The molecule has 2 amide bonds. The molecule has 1 aliphatic heterocycles. The van der Waals surface area contributed by atoms with Crippen LogP contribution in [0.15, 0.2) is 16.8 Å². The summed E-state index contributed by atoms with van der Waals surface area (Å²) in [6.45, 7) is 0.684. The number of thiophene rings is 1. The molecular weight excluding hydrogens is 332 g/mol. The fraction of sp³-hybridized carbons (Fsp3) is 0.467. The molecule has 1 atom stereocenters. The van der Waals surface area contributed by atoms with E-state index in [0.29, 0.717) is 11.7 Å². The molecule has 2 fully saturated rings. The van der Waals surface area contributed by atoms with Crippen molar-refractivity contribution in [1.82, 2.24) is 15.1 Å². The Labute approximate surface area is 141 Å². The van der Waals surface area contributed by atoms with Crippen LogP contribution >= 0.6 is 22.7 Å². The van der Waals surface area contributed by atoms with Gasteiger partial charge in [-0.3, -0.25) is 14.9 Å². The van der Waals surface area contributed by atoms with Gasteiger partial charge in [-0.05, 0) is 37.1 Å². The van der Waals surface area contributed by atoms with Crippen LogP contribution in [0.3, 0.4) is 0 Å². The van der Waals surface area contributed by atoms with Gasteiger partial charge in [-0.15, -0.1) is 10.2 Å². The van der Waals surface area contributed by atoms with Crippen molar-refractivity contribution in [2.75, 3.05) is 11.9 Å². The van der Waals surface area contributed by atoms with Gasteiger partial charge in [0.25, 0.3) is 0 Å². The number of amides is 2. The van der Waals surface area contributed by atoms with E-state index in [4.69, 9.17) is 0 Å². The van der Waals surface area contributed by atoms with Gasteiger partial charge in [-0.2, -0.15) is 11.3 Å². The van der Waals surface area contributed by atoms with Crippen molar-refractivity contribution in [3.8, 4) is 10.6 Å². The highest BCUT2D eigenvalue weighted by molar-refractivity contribution is 7.19. The van der Waals surface area contributed by atoms with Gasteiger partial charge in [-0.25, -0.2) is 0 Å². The summed E-state index contributed by atoms with van der Waals surface area (Å²) in [5.74, 6) is 0.138. The van der Waals surface area contributed by atoms with Crippen molar-refractivity contribution in [2.45, 2.75) is 31.7 Å². The standard InChI is InChI=1S/C15H16N4O2S2/c20-12(11-2-1-6-19(11)14(21)9-3-4-9)16-15-18-17-13(23-15)10-5-7-22-8-10/h5,7-9,11H,1-4,6H2,(H,16,18,20). The minimum Gasteiger partial charge on any atom is -0.330 e. The lowest BCUT2D eigenvalue weighted by Gasteiger charge is -2.23. The van der Waals surface area contributed by atoms with Crippen molar-refractivity contribution in [2.24, 2.45) is 5.92 Å². The first kappa shape index (κ1) is 14.8. The second kappa shape index (κ2) is 6.01. The average Bonchev–Trinajstić information content (AvgIpc) is 3.01. The van der Waals surface area contributed by atoms with E-state index in [1.807, 2.05) is 16.8 Å². The molecule has 0 spiro atoms. The molecule has 0 aromatic carbocycles. The molecule has 2 aromatic heterocycles. The Bertz CT molecular complexity index is 724. The summed E-state index contributed by atoms with van der Waals surface area (Å²) in [5.41, 5.74) is 1.01. The second-order valence-corrected chi connectivity index (χ2v) is 7.64. The third-order valence-electron chi connectivity index (χ3n) is 4.19. The third kappa shape index (κ3) is 3.00. The maximum Gasteiger partial charge on any atom is 0.249 e. The van der Waals surface area contributed by atoms with E-state index in [0.717, 1.165) is 36.3 Å². The van der Waals surface area contributed by atoms with E-state index in [2.05, 4.69) is 15.5 Å². The molecule has 4 rings (SSSR count). The van der Waals surface area contributed by atoms with Gasteiger partial charge < -0.3 is 4.90 Å². The van der Waals surface area contributed by atoms with Gasteiger partial charge in [0.05, 0.1) is 0 Å². The number of nitrogens with zero attached hydrogens (tertiary/aromatic N) is 3. The summed E-state index contributed by atoms with van der Waals surface area (Å²) in [6, 6.07) is 1.61. The van der Waals surface area contributed by atoms with E-state index in [9.17, 15) is 9.59 Å². The van der Waals surface area contributed by atoms with Crippen LogP contribution in [-0.2, 0) is 9.59 Å². The van der Waals surface area contributed by atoms with Crippen molar-refractivity contribution < 1.29 is 9.59 Å². The van der Waals surface area contributed by atoms with Crippen LogP contribution in [-0.4, -0.2) is 39.5 Å². The molecule has 3 heterocycles. The maximum absolute atomic E-state index is 12.5. The maximum atomic E-state index is 12.5. The zero-order valence-corrected chi connectivity index (χ0v) is 14.0. The predicted molar refractivity (Wildman–Crippen MR) is 89.3 cm³/mol. The van der Waals surface area contributed by atoms with E-state index in [-0.39, 0.29) is 23.8 Å². The fourth-order valence-corrected chi connectivity index (χ4v) is 4.29. The number of hydrogen-bond acceptors (Lipinski definition) is 6. The van der Waals surface area contributed by atoms with Gasteiger partial charge >= 0.3 is 0 Å². The molecule has 1 aliphatic carbocycles. The van der Waals surface area contributed by atoms with E-state index in [1.54, 1.807) is 16.2 Å². The summed E-state index contributed by atoms with van der Waals surface area (Å²) >= 11 is 2.95. The van der Waals surface area contributed by atoms with Crippen LogP contribution in [0, 0.1) is 5.92 Å². The monoisotopic (exact) mass is 348 g/mol. The number of nitrogens with one attached hydrogen (secondary N) is 1. The molecule has 6 nitrogen and oxygen atoms in total. The molecule has 0 radical (unpaired) electrons. The van der Waals surface area contributed by atoms with Crippen molar-refractivity contribution in [1.29, 1.82) is 0 Å². The van der Waals surface area contributed by atoms with E-state index >= 15 is 0 Å². The Morgan fingerprint density at radius 3 is 2.87 bits per heavy atom. The molecule has 2 aromatic rings. The quantitative estimate of drug-likeness (QED) is 0.921. The van der Waals surface area contributed by atoms with Crippen molar-refractivity contribution >= 4 is 39.6 Å². The van der Waals surface area contributed by atoms with E-state index < -0.39 is 0 Å². The first-order valence-corrected chi connectivity index (χ1v) is 9.46. The van der Waals surface area contributed by atoms with Gasteiger partial charge in [0, 0.05) is 23.4 Å². The summed E-state index contributed by atoms with van der Waals surface area (Å²) in [7, 11) is 0. The lowest BCUT2D eigenvalue weighted by molar-refractivity contribution is -0.137. The Balaban J connectivity index is 1.44. The van der Waals surface area contributed by atoms with Crippen LogP contribution in [0.1, 0.15) is 25.7 Å². The first-order chi connectivity index (χ1) is 11.2. The van der Waals surface area contributed by atoms with Crippen molar-refractivity contribution in [3.05, 3.63) is 16.8 Å². The number of hydrogen-bond donors (Lipinski definition) is 1. The largest absolute Gasteiger partial charge is 0.330 e. The zero-order valence-electron chi connectivity index (χ0n) is 12.4. The summed E-state index contributed by atoms with van der Waals surface area (Å²) < 4.78 is 0. The molecule has 1 N–H and O–H groups in total. The number of carbonyl (C=O) groups excluding carboxylic acids is 2. The van der Waals surface area contributed by atoms with Gasteiger partial charge in [-0.1, -0.05) is 11.3 Å². The summed E-state index contributed by atoms with van der Waals surface area (Å²) in [4.78, 5) is 26.5. The molecule has 1 saturated carbocycles. The van der Waals surface area contributed by atoms with Gasteiger partial charge in [0.15, 0.2) is 0 Å². The molecule has 2 aliphatic rings. The highest BCUT2D eigenvalue weighted by Crippen LogP contribution is 2.34. The highest BCUT2D eigenvalue weighted by atomic mass is 32.1. The summed E-state index contributed by atoms with van der Waals surface area (Å²) in [5, 5.41) is 16.2. The number of likely N-dealkylation sites (tertiary alicyclic amines) is 1. The topological polar surface area (TPSA) is 75.2 Å². The second-order valence-electron chi connectivity index (χ2n) is 5.88. The van der Waals surface area contributed by atoms with Gasteiger partial charge in [0.2, 0.25) is 16.9 Å². The van der Waals surface area contributed by atoms with Crippen molar-refractivity contribution in [3.63, 3.8) is 0 Å². The number of carbonyl (C=O) groups is 2. The predicted octanol–water partition coefficient (Wildman–Crippen LogP) is 2.61. The lowest BCUT2D eigenvalue weighted by atomic mass is 10.2. The first-order valence-electron chi connectivity index (χ1n) is 7.70. The van der Waals surface area contributed by atoms with E-state index in [1.165, 1.54) is 11.3 Å². The molecule has 1 saturated heterocycles. The highest BCUT2D eigenvalue weighted by Gasteiger charge is 2.41. The number of anilines is 1. The van der Waals surface area contributed by atoms with Crippen LogP contribution < -0.4 is 5.32 Å². The van der Waals surface area contributed by atoms with Crippen LogP contribution in [0.25, 0.3) is 10.6 Å². The van der Waals surface area contributed by atoms with Gasteiger partial charge in [0.1, 0.15) is 11.0 Å². The Kier molecular flexibility index (Phi) is 3.86. The number of aromatic nitrogens is 2. The zero-order chi connectivity index (χ0) is 15.8.